The van der Waals surface area contributed by atoms with Gasteiger partial charge < -0.3 is 15.0 Å². The molecule has 3 rings (SSSR count). The number of halogens is 1. The number of carbonyl (C=O) groups excluding carboxylic acids is 2. The van der Waals surface area contributed by atoms with Crippen molar-refractivity contribution in [2.75, 3.05) is 23.9 Å². The largest absolute Gasteiger partial charge is 0.495 e. The van der Waals surface area contributed by atoms with Gasteiger partial charge in [0.15, 0.2) is 0 Å². The van der Waals surface area contributed by atoms with Crippen molar-refractivity contribution in [1.29, 1.82) is 0 Å². The lowest BCUT2D eigenvalue weighted by Crippen LogP contribution is -2.28. The standard InChI is InChI=1S/C19H19ClN2O3/c1-12-7-8-14(10-15(12)20)21-19(24)13-9-18(23)22(11-13)16-5-3-4-6-17(16)25-2/h3-8,10,13H,9,11H2,1-2H3,(H,21,24). The molecule has 1 fully saturated rings. The Labute approximate surface area is 151 Å². The van der Waals surface area contributed by atoms with Crippen LogP contribution < -0.4 is 15.0 Å². The minimum Gasteiger partial charge on any atom is -0.495 e. The average Bonchev–Trinajstić information content (AvgIpc) is 3.00. The normalized spacial score (nSPS) is 16.8. The first kappa shape index (κ1) is 17.3. The highest BCUT2D eigenvalue weighted by molar-refractivity contribution is 6.31. The van der Waals surface area contributed by atoms with E-state index in [0.717, 1.165) is 5.56 Å². The summed E-state index contributed by atoms with van der Waals surface area (Å²) < 4.78 is 5.31. The minimum atomic E-state index is -0.419. The van der Waals surface area contributed by atoms with Gasteiger partial charge in [-0.15, -0.1) is 0 Å². The van der Waals surface area contributed by atoms with Crippen molar-refractivity contribution in [3.63, 3.8) is 0 Å². The average molecular weight is 359 g/mol. The zero-order valence-electron chi connectivity index (χ0n) is 14.1. The molecule has 0 spiro atoms. The van der Waals surface area contributed by atoms with Crippen LogP contribution in [0.4, 0.5) is 11.4 Å². The Hall–Kier alpha value is -2.53. The quantitative estimate of drug-likeness (QED) is 0.907. The Bertz CT molecular complexity index is 822. The van der Waals surface area contributed by atoms with Crippen LogP contribution in [-0.2, 0) is 9.59 Å². The van der Waals surface area contributed by atoms with Gasteiger partial charge in [-0.1, -0.05) is 29.8 Å². The number of anilines is 2. The number of nitrogens with zero attached hydrogens (tertiary/aromatic N) is 1. The number of amides is 2. The van der Waals surface area contributed by atoms with E-state index in [0.29, 0.717) is 28.7 Å². The Morgan fingerprint density at radius 1 is 1.28 bits per heavy atom. The second kappa shape index (κ2) is 7.15. The van der Waals surface area contributed by atoms with E-state index in [4.69, 9.17) is 16.3 Å². The summed E-state index contributed by atoms with van der Waals surface area (Å²) >= 11 is 6.09. The molecule has 1 aliphatic heterocycles. The van der Waals surface area contributed by atoms with Gasteiger partial charge in [0.05, 0.1) is 18.7 Å². The van der Waals surface area contributed by atoms with E-state index >= 15 is 0 Å². The highest BCUT2D eigenvalue weighted by Gasteiger charge is 2.36. The number of hydrogen-bond acceptors (Lipinski definition) is 3. The van der Waals surface area contributed by atoms with Gasteiger partial charge in [-0.3, -0.25) is 9.59 Å². The third kappa shape index (κ3) is 3.61. The lowest BCUT2D eigenvalue weighted by molar-refractivity contribution is -0.122. The molecule has 1 unspecified atom stereocenters. The molecule has 0 radical (unpaired) electrons. The SMILES string of the molecule is COc1ccccc1N1CC(C(=O)Nc2ccc(C)c(Cl)c2)CC1=O. The number of rotatable bonds is 4. The third-order valence-electron chi connectivity index (χ3n) is 4.31. The van der Waals surface area contributed by atoms with Crippen LogP contribution in [0, 0.1) is 12.8 Å². The van der Waals surface area contributed by atoms with Gasteiger partial charge >= 0.3 is 0 Å². The number of para-hydroxylation sites is 2. The van der Waals surface area contributed by atoms with Gasteiger partial charge in [0, 0.05) is 23.7 Å². The maximum absolute atomic E-state index is 12.5. The fourth-order valence-electron chi connectivity index (χ4n) is 2.88. The van der Waals surface area contributed by atoms with Gasteiger partial charge in [0.25, 0.3) is 0 Å². The summed E-state index contributed by atoms with van der Waals surface area (Å²) in [6, 6.07) is 12.7. The van der Waals surface area contributed by atoms with Crippen molar-refractivity contribution in [3.05, 3.63) is 53.1 Å². The Morgan fingerprint density at radius 2 is 2.04 bits per heavy atom. The highest BCUT2D eigenvalue weighted by atomic mass is 35.5. The van der Waals surface area contributed by atoms with Gasteiger partial charge in [-0.2, -0.15) is 0 Å². The molecule has 1 atom stereocenters. The topological polar surface area (TPSA) is 58.6 Å². The molecule has 25 heavy (non-hydrogen) atoms. The molecule has 6 heteroatoms. The van der Waals surface area contributed by atoms with Crippen molar-refractivity contribution in [2.24, 2.45) is 5.92 Å². The van der Waals surface area contributed by atoms with Crippen LogP contribution in [0.5, 0.6) is 5.75 Å². The molecule has 0 aromatic heterocycles. The van der Waals surface area contributed by atoms with E-state index < -0.39 is 5.92 Å². The minimum absolute atomic E-state index is 0.0911. The molecule has 130 valence electrons. The van der Waals surface area contributed by atoms with E-state index in [1.54, 1.807) is 30.2 Å². The summed E-state index contributed by atoms with van der Waals surface area (Å²) in [6.45, 7) is 2.22. The second-order valence-corrected chi connectivity index (χ2v) is 6.44. The number of carbonyl (C=O) groups is 2. The van der Waals surface area contributed by atoms with Crippen LogP contribution in [0.3, 0.4) is 0 Å². The Kier molecular flexibility index (Phi) is 4.95. The molecule has 1 saturated heterocycles. The lowest BCUT2D eigenvalue weighted by atomic mass is 10.1. The fraction of sp³-hybridized carbons (Fsp3) is 0.263. The number of benzene rings is 2. The molecule has 0 saturated carbocycles. The molecule has 0 bridgehead atoms. The van der Waals surface area contributed by atoms with Crippen molar-refractivity contribution < 1.29 is 14.3 Å². The lowest BCUT2D eigenvalue weighted by Gasteiger charge is -2.19. The third-order valence-corrected chi connectivity index (χ3v) is 4.72. The van der Waals surface area contributed by atoms with Gasteiger partial charge in [0.2, 0.25) is 11.8 Å². The summed E-state index contributed by atoms with van der Waals surface area (Å²) in [6.07, 6.45) is 0.170. The summed E-state index contributed by atoms with van der Waals surface area (Å²) in [7, 11) is 1.56. The van der Waals surface area contributed by atoms with Gasteiger partial charge in [0.1, 0.15) is 5.75 Å². The Morgan fingerprint density at radius 3 is 2.76 bits per heavy atom. The number of nitrogens with one attached hydrogen (secondary N) is 1. The van der Waals surface area contributed by atoms with E-state index in [1.807, 2.05) is 31.2 Å². The molecule has 0 aliphatic carbocycles. The predicted octanol–water partition coefficient (Wildman–Crippen LogP) is 3.65. The summed E-state index contributed by atoms with van der Waals surface area (Å²) in [5.41, 5.74) is 2.26. The summed E-state index contributed by atoms with van der Waals surface area (Å²) in [4.78, 5) is 26.5. The van der Waals surface area contributed by atoms with Crippen molar-refractivity contribution in [2.45, 2.75) is 13.3 Å². The molecular formula is C19H19ClN2O3. The molecule has 1 N–H and O–H groups in total. The summed E-state index contributed by atoms with van der Waals surface area (Å²) in [5, 5.41) is 3.43. The maximum Gasteiger partial charge on any atom is 0.229 e. The second-order valence-electron chi connectivity index (χ2n) is 6.03. The predicted molar refractivity (Wildman–Crippen MR) is 98.3 cm³/mol. The molecule has 5 nitrogen and oxygen atoms in total. The number of hydrogen-bond donors (Lipinski definition) is 1. The van der Waals surface area contributed by atoms with Crippen molar-refractivity contribution in [3.8, 4) is 5.75 Å². The number of methoxy groups -OCH3 is 1. The zero-order valence-corrected chi connectivity index (χ0v) is 14.8. The van der Waals surface area contributed by atoms with Crippen LogP contribution in [0.15, 0.2) is 42.5 Å². The molecule has 2 amide bonds. The van der Waals surface area contributed by atoms with Crippen LogP contribution in [0.25, 0.3) is 0 Å². The Balaban J connectivity index is 1.73. The van der Waals surface area contributed by atoms with E-state index in [2.05, 4.69) is 5.32 Å². The smallest absolute Gasteiger partial charge is 0.229 e. The van der Waals surface area contributed by atoms with E-state index in [-0.39, 0.29) is 18.2 Å². The first-order valence-corrected chi connectivity index (χ1v) is 8.38. The van der Waals surface area contributed by atoms with Crippen LogP contribution in [-0.4, -0.2) is 25.5 Å². The van der Waals surface area contributed by atoms with E-state index in [1.165, 1.54) is 0 Å². The maximum atomic E-state index is 12.5. The van der Waals surface area contributed by atoms with Crippen molar-refractivity contribution in [1.82, 2.24) is 0 Å². The fourth-order valence-corrected chi connectivity index (χ4v) is 3.06. The first-order chi connectivity index (χ1) is 12.0. The first-order valence-electron chi connectivity index (χ1n) is 8.00. The molecule has 2 aromatic carbocycles. The molecular weight excluding hydrogens is 340 g/mol. The van der Waals surface area contributed by atoms with Crippen LogP contribution in [0.1, 0.15) is 12.0 Å². The number of aryl methyl sites for hydroxylation is 1. The molecule has 1 aliphatic rings. The highest BCUT2D eigenvalue weighted by Crippen LogP contribution is 2.33. The molecule has 1 heterocycles. The van der Waals surface area contributed by atoms with Gasteiger partial charge in [-0.05, 0) is 36.8 Å². The molecule has 2 aromatic rings. The summed E-state index contributed by atoms with van der Waals surface area (Å²) in [5.74, 6) is -0.0861. The zero-order chi connectivity index (χ0) is 18.0. The van der Waals surface area contributed by atoms with Gasteiger partial charge in [-0.25, -0.2) is 0 Å². The van der Waals surface area contributed by atoms with E-state index in [9.17, 15) is 9.59 Å². The monoisotopic (exact) mass is 358 g/mol. The number of ether oxygens (including phenoxy) is 1. The van der Waals surface area contributed by atoms with Crippen LogP contribution in [0.2, 0.25) is 5.02 Å². The van der Waals surface area contributed by atoms with Crippen LogP contribution >= 0.6 is 11.6 Å². The van der Waals surface area contributed by atoms with Crippen molar-refractivity contribution >= 4 is 34.8 Å².